The molecule has 37 heavy (non-hydrogen) atoms. The van der Waals surface area contributed by atoms with Gasteiger partial charge in [0.05, 0.1) is 11.8 Å². The molecule has 6 rings (SSSR count). The Morgan fingerprint density at radius 2 is 2.00 bits per heavy atom. The molecule has 4 heterocycles. The lowest BCUT2D eigenvalue weighted by Crippen LogP contribution is -2.38. The molecule has 0 radical (unpaired) electrons. The molecule has 1 unspecified atom stereocenters. The standard InChI is InChI=1S/C29H25N3O4S/c33-25(12-11-21-10-5-15-35-21)36-22-9-4-8-20(16-22)27-30-28(34)26-23-13-14-32(17-19-6-2-1-3-7-19)18-24(23)37-29(26)31-27/h1-12,15-16,27,31H,13-14,17-18H2,(H,30,34). The summed E-state index contributed by atoms with van der Waals surface area (Å²) in [6.45, 7) is 2.65. The highest BCUT2D eigenvalue weighted by Gasteiger charge is 2.33. The number of carbonyl (C=O) groups is 2. The third-order valence-corrected chi connectivity index (χ3v) is 7.65. The molecule has 7 nitrogen and oxygen atoms in total. The third-order valence-electron chi connectivity index (χ3n) is 6.50. The van der Waals surface area contributed by atoms with Gasteiger partial charge >= 0.3 is 5.97 Å². The van der Waals surface area contributed by atoms with Crippen LogP contribution in [0.4, 0.5) is 5.00 Å². The van der Waals surface area contributed by atoms with Crippen LogP contribution in [0.2, 0.25) is 0 Å². The summed E-state index contributed by atoms with van der Waals surface area (Å²) in [5, 5.41) is 7.46. The number of hydrogen-bond acceptors (Lipinski definition) is 7. The second kappa shape index (κ2) is 10.1. The number of furan rings is 1. The predicted molar refractivity (Wildman–Crippen MR) is 142 cm³/mol. The highest BCUT2D eigenvalue weighted by molar-refractivity contribution is 7.16. The summed E-state index contributed by atoms with van der Waals surface area (Å²) in [4.78, 5) is 29.1. The number of amides is 1. The van der Waals surface area contributed by atoms with E-state index < -0.39 is 12.1 Å². The molecule has 0 aliphatic carbocycles. The van der Waals surface area contributed by atoms with Gasteiger partial charge in [0.2, 0.25) is 0 Å². The lowest BCUT2D eigenvalue weighted by atomic mass is 10.00. The molecule has 0 spiro atoms. The lowest BCUT2D eigenvalue weighted by molar-refractivity contribution is -0.128. The summed E-state index contributed by atoms with van der Waals surface area (Å²) in [7, 11) is 0. The summed E-state index contributed by atoms with van der Waals surface area (Å²) < 4.78 is 10.6. The first kappa shape index (κ1) is 23.3. The molecule has 2 aliphatic heterocycles. The van der Waals surface area contributed by atoms with Crippen LogP contribution in [0.15, 0.2) is 83.5 Å². The van der Waals surface area contributed by atoms with E-state index in [0.717, 1.165) is 47.7 Å². The van der Waals surface area contributed by atoms with Gasteiger partial charge in [-0.15, -0.1) is 11.3 Å². The van der Waals surface area contributed by atoms with Crippen molar-refractivity contribution >= 4 is 34.3 Å². The van der Waals surface area contributed by atoms with E-state index in [1.807, 2.05) is 12.1 Å². The van der Waals surface area contributed by atoms with Gasteiger partial charge in [0.25, 0.3) is 5.91 Å². The lowest BCUT2D eigenvalue weighted by Gasteiger charge is -2.28. The Morgan fingerprint density at radius 1 is 1.11 bits per heavy atom. The van der Waals surface area contributed by atoms with Crippen LogP contribution in [-0.4, -0.2) is 23.3 Å². The Balaban J connectivity index is 1.15. The van der Waals surface area contributed by atoms with Gasteiger partial charge in [-0.2, -0.15) is 0 Å². The van der Waals surface area contributed by atoms with Gasteiger partial charge in [-0.3, -0.25) is 9.69 Å². The fourth-order valence-electron chi connectivity index (χ4n) is 4.76. The van der Waals surface area contributed by atoms with E-state index in [1.165, 1.54) is 22.8 Å². The zero-order valence-electron chi connectivity index (χ0n) is 20.0. The van der Waals surface area contributed by atoms with Crippen molar-refractivity contribution in [3.8, 4) is 5.75 Å². The Kier molecular flexibility index (Phi) is 6.34. The number of thiophene rings is 1. The third kappa shape index (κ3) is 5.07. The molecule has 0 saturated carbocycles. The first-order valence-electron chi connectivity index (χ1n) is 12.1. The number of nitrogens with zero attached hydrogens (tertiary/aromatic N) is 1. The summed E-state index contributed by atoms with van der Waals surface area (Å²) in [6.07, 6.45) is 4.84. The largest absolute Gasteiger partial charge is 0.465 e. The molecular weight excluding hydrogens is 486 g/mol. The van der Waals surface area contributed by atoms with Crippen molar-refractivity contribution < 1.29 is 18.7 Å². The Hall–Kier alpha value is -4.14. The zero-order chi connectivity index (χ0) is 25.2. The van der Waals surface area contributed by atoms with E-state index in [4.69, 9.17) is 9.15 Å². The number of anilines is 1. The summed E-state index contributed by atoms with van der Waals surface area (Å²) in [6, 6.07) is 21.1. The number of rotatable bonds is 6. The molecule has 0 fully saturated rings. The van der Waals surface area contributed by atoms with Gasteiger partial charge in [-0.1, -0.05) is 42.5 Å². The topological polar surface area (TPSA) is 83.8 Å². The van der Waals surface area contributed by atoms with Crippen LogP contribution in [0.3, 0.4) is 0 Å². The molecule has 8 heteroatoms. The van der Waals surface area contributed by atoms with Crippen molar-refractivity contribution in [2.75, 3.05) is 11.9 Å². The molecule has 2 aromatic carbocycles. The van der Waals surface area contributed by atoms with Crippen molar-refractivity contribution in [3.63, 3.8) is 0 Å². The van der Waals surface area contributed by atoms with Crippen LogP contribution in [-0.2, 0) is 24.3 Å². The van der Waals surface area contributed by atoms with Crippen molar-refractivity contribution in [2.45, 2.75) is 25.7 Å². The summed E-state index contributed by atoms with van der Waals surface area (Å²) in [5.74, 6) is 0.381. The van der Waals surface area contributed by atoms with E-state index in [0.29, 0.717) is 11.5 Å². The SMILES string of the molecule is O=C(C=Cc1ccco1)Oc1cccc(C2NC(=O)c3c(sc4c3CCN(Cc3ccccc3)C4)N2)c1. The number of ether oxygens (including phenoxy) is 1. The number of esters is 1. The molecule has 0 saturated heterocycles. The van der Waals surface area contributed by atoms with E-state index in [1.54, 1.807) is 47.7 Å². The number of carbonyl (C=O) groups excluding carboxylic acids is 2. The minimum absolute atomic E-state index is 0.0726. The molecule has 0 bridgehead atoms. The van der Waals surface area contributed by atoms with Crippen LogP contribution in [0, 0.1) is 0 Å². The van der Waals surface area contributed by atoms with Gasteiger partial charge in [-0.05, 0) is 53.5 Å². The quantitative estimate of drug-likeness (QED) is 0.206. The van der Waals surface area contributed by atoms with E-state index in [9.17, 15) is 9.59 Å². The number of nitrogens with one attached hydrogen (secondary N) is 2. The van der Waals surface area contributed by atoms with Crippen LogP contribution < -0.4 is 15.4 Å². The number of fused-ring (bicyclic) bond motifs is 3. The molecule has 1 amide bonds. The fourth-order valence-corrected chi connectivity index (χ4v) is 6.07. The first-order chi connectivity index (χ1) is 18.1. The average molecular weight is 512 g/mol. The van der Waals surface area contributed by atoms with Gasteiger partial charge in [-0.25, -0.2) is 4.79 Å². The maximum Gasteiger partial charge on any atom is 0.336 e. The van der Waals surface area contributed by atoms with Crippen molar-refractivity contribution in [1.29, 1.82) is 0 Å². The van der Waals surface area contributed by atoms with E-state index >= 15 is 0 Å². The van der Waals surface area contributed by atoms with Crippen LogP contribution in [0.5, 0.6) is 5.75 Å². The average Bonchev–Trinajstić information content (AvgIpc) is 3.56. The molecule has 186 valence electrons. The summed E-state index contributed by atoms with van der Waals surface area (Å²) in [5.41, 5.74) is 4.01. The Labute approximate surface area is 218 Å². The monoisotopic (exact) mass is 511 g/mol. The second-order valence-electron chi connectivity index (χ2n) is 9.05. The molecule has 2 aromatic heterocycles. The molecular formula is C29H25N3O4S. The fraction of sp³-hybridized carbons (Fsp3) is 0.172. The zero-order valence-corrected chi connectivity index (χ0v) is 20.8. The normalized spacial score (nSPS) is 17.1. The Morgan fingerprint density at radius 3 is 2.84 bits per heavy atom. The minimum atomic E-state index is -0.512. The number of hydrogen-bond donors (Lipinski definition) is 2. The van der Waals surface area contributed by atoms with E-state index in [-0.39, 0.29) is 5.91 Å². The van der Waals surface area contributed by atoms with Crippen LogP contribution in [0.25, 0.3) is 6.08 Å². The van der Waals surface area contributed by atoms with Crippen LogP contribution >= 0.6 is 11.3 Å². The Bertz CT molecular complexity index is 1460. The summed E-state index contributed by atoms with van der Waals surface area (Å²) >= 11 is 1.66. The van der Waals surface area contributed by atoms with E-state index in [2.05, 4.69) is 39.8 Å². The van der Waals surface area contributed by atoms with Gasteiger partial charge in [0, 0.05) is 30.6 Å². The number of benzene rings is 2. The predicted octanol–water partition coefficient (Wildman–Crippen LogP) is 5.37. The molecule has 2 N–H and O–H groups in total. The second-order valence-corrected chi connectivity index (χ2v) is 10.2. The van der Waals surface area contributed by atoms with Gasteiger partial charge < -0.3 is 19.8 Å². The van der Waals surface area contributed by atoms with Crippen molar-refractivity contribution in [2.24, 2.45) is 0 Å². The minimum Gasteiger partial charge on any atom is -0.465 e. The smallest absolute Gasteiger partial charge is 0.336 e. The molecule has 2 aliphatic rings. The maximum atomic E-state index is 13.2. The van der Waals surface area contributed by atoms with Gasteiger partial charge in [0.15, 0.2) is 0 Å². The van der Waals surface area contributed by atoms with Crippen molar-refractivity contribution in [3.05, 3.63) is 112 Å². The maximum absolute atomic E-state index is 13.2. The highest BCUT2D eigenvalue weighted by Crippen LogP contribution is 2.41. The van der Waals surface area contributed by atoms with Gasteiger partial charge in [0.1, 0.15) is 22.7 Å². The first-order valence-corrected chi connectivity index (χ1v) is 13.0. The van der Waals surface area contributed by atoms with Crippen LogP contribution in [0.1, 0.15) is 43.9 Å². The molecule has 4 aromatic rings. The van der Waals surface area contributed by atoms with Crippen molar-refractivity contribution in [1.82, 2.24) is 10.2 Å². The molecule has 1 atom stereocenters. The highest BCUT2D eigenvalue weighted by atomic mass is 32.1.